The number of hydrogen-bond donors (Lipinski definition) is 1. The topological polar surface area (TPSA) is 12.0 Å². The van der Waals surface area contributed by atoms with Gasteiger partial charge in [0.1, 0.15) is 0 Å². The summed E-state index contributed by atoms with van der Waals surface area (Å²) in [5.41, 5.74) is 2.02. The van der Waals surface area contributed by atoms with Crippen LogP contribution in [0.15, 0.2) is 24.3 Å². The first kappa shape index (κ1) is 17.8. The molecule has 0 aliphatic heterocycles. The third-order valence-electron chi connectivity index (χ3n) is 3.23. The van der Waals surface area contributed by atoms with Crippen LogP contribution >= 0.6 is 0 Å². The number of rotatable bonds is 4. The molecule has 0 aliphatic rings. The monoisotopic (exact) mass is 299 g/mol. The predicted octanol–water partition coefficient (Wildman–Crippen LogP) is 5.20. The highest BCUT2D eigenvalue weighted by Gasteiger charge is 2.30. The smallest absolute Gasteiger partial charge is 0.312 e. The first-order valence-electron chi connectivity index (χ1n) is 7.11. The lowest BCUT2D eigenvalue weighted by Crippen LogP contribution is -2.36. The fraction of sp³-hybridized carbons (Fsp3) is 0.529. The van der Waals surface area contributed by atoms with Crippen LogP contribution in [0.2, 0.25) is 0 Å². The second-order valence-electron chi connectivity index (χ2n) is 6.38. The van der Waals surface area contributed by atoms with Gasteiger partial charge in [0.05, 0.1) is 5.56 Å². The van der Waals surface area contributed by atoms with E-state index in [0.29, 0.717) is 5.56 Å². The molecule has 1 N–H and O–H groups in total. The van der Waals surface area contributed by atoms with Gasteiger partial charge >= 0.3 is 6.18 Å². The van der Waals surface area contributed by atoms with Gasteiger partial charge < -0.3 is 5.32 Å². The Bertz CT molecular complexity index is 508. The van der Waals surface area contributed by atoms with Crippen molar-refractivity contribution in [2.75, 3.05) is 6.54 Å². The molecule has 1 rings (SSSR count). The Balaban J connectivity index is 2.77. The highest BCUT2D eigenvalue weighted by Crippen LogP contribution is 2.31. The number of allylic oxidation sites excluding steroid dienone is 1. The summed E-state index contributed by atoms with van der Waals surface area (Å²) in [5, 5.41) is 3.38. The molecule has 0 radical (unpaired) electrons. The maximum atomic E-state index is 12.6. The van der Waals surface area contributed by atoms with Crippen LogP contribution in [0.3, 0.4) is 0 Å². The molecule has 1 nitrogen and oxygen atoms in total. The highest BCUT2D eigenvalue weighted by molar-refractivity contribution is 5.66. The molecule has 0 bridgehead atoms. The van der Waals surface area contributed by atoms with Gasteiger partial charge in [-0.15, -0.1) is 0 Å². The molecular formula is C17H24F3N. The van der Waals surface area contributed by atoms with Crippen LogP contribution in [-0.2, 0) is 6.18 Å². The van der Waals surface area contributed by atoms with Gasteiger partial charge in [0.25, 0.3) is 0 Å². The Hall–Kier alpha value is -1.29. The molecule has 0 atom stereocenters. The van der Waals surface area contributed by atoms with E-state index >= 15 is 0 Å². The first-order valence-corrected chi connectivity index (χ1v) is 7.11. The molecule has 0 heterocycles. The summed E-state index contributed by atoms with van der Waals surface area (Å²) in [6.07, 6.45) is -1.37. The molecule has 0 fully saturated rings. The number of halogens is 3. The largest absolute Gasteiger partial charge is 0.416 e. The minimum atomic E-state index is -4.28. The average molecular weight is 299 g/mol. The van der Waals surface area contributed by atoms with Crippen molar-refractivity contribution in [1.29, 1.82) is 0 Å². The maximum Gasteiger partial charge on any atom is 0.416 e. The molecule has 0 aliphatic carbocycles. The van der Waals surface area contributed by atoms with Crippen molar-refractivity contribution in [3.63, 3.8) is 0 Å². The fourth-order valence-corrected chi connectivity index (χ4v) is 2.13. The zero-order valence-corrected chi connectivity index (χ0v) is 13.4. The van der Waals surface area contributed by atoms with Crippen molar-refractivity contribution >= 4 is 5.57 Å². The van der Waals surface area contributed by atoms with Crippen molar-refractivity contribution in [3.8, 4) is 0 Å². The van der Waals surface area contributed by atoms with E-state index in [2.05, 4.69) is 32.2 Å². The lowest BCUT2D eigenvalue weighted by Gasteiger charge is -2.20. The standard InChI is InChI=1S/C17H24F3N/c1-12(7-6-10-21-16(3,4)5)15-9-8-14(11-13(15)2)17(18,19)20/h7-9,11,21H,6,10H2,1-5H3/b12-7-. The molecule has 0 unspecified atom stereocenters. The van der Waals surface area contributed by atoms with Crippen molar-refractivity contribution in [2.24, 2.45) is 0 Å². The first-order chi connectivity index (χ1) is 9.50. The Morgan fingerprint density at radius 2 is 1.81 bits per heavy atom. The molecule has 0 aromatic heterocycles. The summed E-state index contributed by atoms with van der Waals surface area (Å²) < 4.78 is 37.9. The van der Waals surface area contributed by atoms with Crippen LogP contribution < -0.4 is 5.32 Å². The van der Waals surface area contributed by atoms with E-state index in [-0.39, 0.29) is 5.54 Å². The molecule has 0 amide bonds. The average Bonchev–Trinajstić information content (AvgIpc) is 2.32. The van der Waals surface area contributed by atoms with Crippen LogP contribution in [-0.4, -0.2) is 12.1 Å². The second kappa shape index (κ2) is 6.65. The number of alkyl halides is 3. The molecule has 1 aromatic carbocycles. The third kappa shape index (κ3) is 5.92. The SMILES string of the molecule is C/C(=C/CCNC(C)(C)C)c1ccc(C(F)(F)F)cc1C. The number of benzene rings is 1. The summed E-state index contributed by atoms with van der Waals surface area (Å²) in [5.74, 6) is 0. The molecule has 4 heteroatoms. The number of aryl methyl sites for hydroxylation is 1. The minimum absolute atomic E-state index is 0.0754. The Kier molecular flexibility index (Phi) is 5.62. The van der Waals surface area contributed by atoms with Gasteiger partial charge in [0.2, 0.25) is 0 Å². The van der Waals surface area contributed by atoms with Crippen LogP contribution in [0, 0.1) is 6.92 Å². The summed E-state index contributed by atoms with van der Waals surface area (Å²) in [7, 11) is 0. The lowest BCUT2D eigenvalue weighted by atomic mass is 9.98. The Labute approximate surface area is 125 Å². The highest BCUT2D eigenvalue weighted by atomic mass is 19.4. The fourth-order valence-electron chi connectivity index (χ4n) is 2.13. The van der Waals surface area contributed by atoms with E-state index < -0.39 is 11.7 Å². The van der Waals surface area contributed by atoms with Crippen molar-refractivity contribution < 1.29 is 13.2 Å². The second-order valence-corrected chi connectivity index (χ2v) is 6.38. The van der Waals surface area contributed by atoms with Gasteiger partial charge in [-0.1, -0.05) is 12.1 Å². The zero-order valence-electron chi connectivity index (χ0n) is 13.4. The minimum Gasteiger partial charge on any atom is -0.312 e. The molecule has 21 heavy (non-hydrogen) atoms. The molecule has 118 valence electrons. The molecule has 0 saturated heterocycles. The lowest BCUT2D eigenvalue weighted by molar-refractivity contribution is -0.137. The van der Waals surface area contributed by atoms with Crippen LogP contribution in [0.1, 0.15) is 50.8 Å². The van der Waals surface area contributed by atoms with Crippen molar-refractivity contribution in [1.82, 2.24) is 5.32 Å². The zero-order chi connectivity index (χ0) is 16.3. The van der Waals surface area contributed by atoms with E-state index in [0.717, 1.165) is 30.2 Å². The normalized spacial score (nSPS) is 13.6. The third-order valence-corrected chi connectivity index (χ3v) is 3.23. The van der Waals surface area contributed by atoms with Gasteiger partial charge in [0.15, 0.2) is 0 Å². The van der Waals surface area contributed by atoms with E-state index in [1.807, 2.05) is 6.92 Å². The van der Waals surface area contributed by atoms with E-state index in [1.165, 1.54) is 6.07 Å². The summed E-state index contributed by atoms with van der Waals surface area (Å²) in [6.45, 7) is 10.8. The van der Waals surface area contributed by atoms with Gasteiger partial charge in [-0.2, -0.15) is 13.2 Å². The summed E-state index contributed by atoms with van der Waals surface area (Å²) in [6, 6.07) is 3.91. The van der Waals surface area contributed by atoms with Gasteiger partial charge in [-0.3, -0.25) is 0 Å². The molecular weight excluding hydrogens is 275 g/mol. The summed E-state index contributed by atoms with van der Waals surface area (Å²) >= 11 is 0. The van der Waals surface area contributed by atoms with E-state index in [9.17, 15) is 13.2 Å². The molecule has 0 saturated carbocycles. The summed E-state index contributed by atoms with van der Waals surface area (Å²) in [4.78, 5) is 0. The molecule has 0 spiro atoms. The van der Waals surface area contributed by atoms with Gasteiger partial charge in [-0.25, -0.2) is 0 Å². The van der Waals surface area contributed by atoms with Gasteiger partial charge in [0, 0.05) is 5.54 Å². The number of hydrogen-bond acceptors (Lipinski definition) is 1. The maximum absolute atomic E-state index is 12.6. The van der Waals surface area contributed by atoms with Crippen LogP contribution in [0.4, 0.5) is 13.2 Å². The quantitative estimate of drug-likeness (QED) is 0.754. The van der Waals surface area contributed by atoms with Crippen molar-refractivity contribution in [2.45, 2.75) is 52.8 Å². The Morgan fingerprint density at radius 3 is 2.29 bits per heavy atom. The van der Waals surface area contributed by atoms with Crippen LogP contribution in [0.25, 0.3) is 5.57 Å². The van der Waals surface area contributed by atoms with Crippen LogP contribution in [0.5, 0.6) is 0 Å². The predicted molar refractivity (Wildman–Crippen MR) is 82.2 cm³/mol. The van der Waals surface area contributed by atoms with E-state index in [1.54, 1.807) is 13.0 Å². The van der Waals surface area contributed by atoms with Crippen molar-refractivity contribution in [3.05, 3.63) is 41.0 Å². The Morgan fingerprint density at radius 1 is 1.19 bits per heavy atom. The molecule has 1 aromatic rings. The van der Waals surface area contributed by atoms with Gasteiger partial charge in [-0.05, 0) is 76.4 Å². The van der Waals surface area contributed by atoms with E-state index in [4.69, 9.17) is 0 Å². The number of nitrogens with one attached hydrogen (secondary N) is 1.